The Labute approximate surface area is 91.5 Å². The van der Waals surface area contributed by atoms with Gasteiger partial charge in [0.1, 0.15) is 0 Å². The van der Waals surface area contributed by atoms with Crippen molar-refractivity contribution in [3.63, 3.8) is 0 Å². The summed E-state index contributed by atoms with van der Waals surface area (Å²) in [5, 5.41) is 21.1. The minimum Gasteiger partial charge on any atom is -0.396 e. The molecule has 82 valence electrons. The van der Waals surface area contributed by atoms with E-state index in [1.807, 2.05) is 0 Å². The summed E-state index contributed by atoms with van der Waals surface area (Å²) in [7, 11) is 0. The first-order valence-corrected chi connectivity index (χ1v) is 4.85. The summed E-state index contributed by atoms with van der Waals surface area (Å²) in [6.45, 7) is -0.0488. The molecule has 0 unspecified atom stereocenters. The lowest BCUT2D eigenvalue weighted by atomic mass is 10.0. The minimum absolute atomic E-state index is 0.0488. The van der Waals surface area contributed by atoms with E-state index in [1.165, 1.54) is 6.07 Å². The molecule has 0 saturated heterocycles. The molecule has 0 bridgehead atoms. The molecule has 5 nitrogen and oxygen atoms in total. The first-order valence-electron chi connectivity index (χ1n) is 4.85. The van der Waals surface area contributed by atoms with Gasteiger partial charge in [-0.3, -0.25) is 15.1 Å². The topological polar surface area (TPSA) is 76.3 Å². The SMILES string of the molecule is O=[N+]([O-])c1cccc2cncc(CCO)c12. The number of hydrogen-bond acceptors (Lipinski definition) is 4. The molecular formula is C11H10N2O3. The van der Waals surface area contributed by atoms with Gasteiger partial charge in [-0.15, -0.1) is 0 Å². The van der Waals surface area contributed by atoms with Gasteiger partial charge in [0.15, 0.2) is 0 Å². The highest BCUT2D eigenvalue weighted by atomic mass is 16.6. The number of benzene rings is 1. The summed E-state index contributed by atoms with van der Waals surface area (Å²) in [5.41, 5.74) is 0.760. The Kier molecular flexibility index (Phi) is 2.78. The minimum atomic E-state index is -0.413. The molecule has 0 aliphatic heterocycles. The molecule has 0 radical (unpaired) electrons. The van der Waals surface area contributed by atoms with Crippen LogP contribution in [0.25, 0.3) is 10.8 Å². The van der Waals surface area contributed by atoms with Crippen LogP contribution < -0.4 is 0 Å². The molecule has 0 aliphatic rings. The molecule has 0 saturated carbocycles. The molecule has 0 atom stereocenters. The first-order chi connectivity index (χ1) is 7.74. The standard InChI is InChI=1S/C11H10N2O3/c14-5-4-9-7-12-6-8-2-1-3-10(11(8)9)13(15)16/h1-3,6-7,14H,4-5H2. The lowest BCUT2D eigenvalue weighted by molar-refractivity contribution is -0.383. The van der Waals surface area contributed by atoms with Crippen molar-refractivity contribution in [1.29, 1.82) is 0 Å². The number of nitro groups is 1. The van der Waals surface area contributed by atoms with Gasteiger partial charge in [-0.05, 0) is 12.0 Å². The molecule has 5 heteroatoms. The first kappa shape index (κ1) is 10.5. The molecule has 0 spiro atoms. The zero-order chi connectivity index (χ0) is 11.5. The van der Waals surface area contributed by atoms with Crippen molar-refractivity contribution in [2.45, 2.75) is 6.42 Å². The van der Waals surface area contributed by atoms with Crippen molar-refractivity contribution in [3.05, 3.63) is 46.3 Å². The van der Waals surface area contributed by atoms with Gasteiger partial charge in [0.05, 0.1) is 10.3 Å². The Hall–Kier alpha value is -2.01. The molecule has 1 heterocycles. The Morgan fingerprint density at radius 1 is 1.38 bits per heavy atom. The lowest BCUT2D eigenvalue weighted by Crippen LogP contribution is -1.97. The fourth-order valence-electron chi connectivity index (χ4n) is 1.75. The van der Waals surface area contributed by atoms with Gasteiger partial charge in [0.2, 0.25) is 0 Å². The predicted molar refractivity (Wildman–Crippen MR) is 59.2 cm³/mol. The van der Waals surface area contributed by atoms with Crippen molar-refractivity contribution in [3.8, 4) is 0 Å². The molecular weight excluding hydrogens is 208 g/mol. The molecule has 2 rings (SSSR count). The van der Waals surface area contributed by atoms with Crippen molar-refractivity contribution >= 4 is 16.5 Å². The molecule has 0 amide bonds. The molecule has 1 aromatic carbocycles. The third-order valence-electron chi connectivity index (χ3n) is 2.42. The van der Waals surface area contributed by atoms with Gasteiger partial charge < -0.3 is 5.11 Å². The van der Waals surface area contributed by atoms with Gasteiger partial charge in [-0.1, -0.05) is 12.1 Å². The quantitative estimate of drug-likeness (QED) is 0.628. The summed E-state index contributed by atoms with van der Waals surface area (Å²) in [6.07, 6.45) is 3.52. The Bertz CT molecular complexity index is 534. The molecule has 16 heavy (non-hydrogen) atoms. The zero-order valence-electron chi connectivity index (χ0n) is 8.46. The maximum Gasteiger partial charge on any atom is 0.277 e. The number of nitrogens with zero attached hydrogens (tertiary/aromatic N) is 2. The summed E-state index contributed by atoms with van der Waals surface area (Å²) in [6, 6.07) is 4.87. The number of nitro benzene ring substituents is 1. The van der Waals surface area contributed by atoms with Crippen LogP contribution in [0.15, 0.2) is 30.6 Å². The van der Waals surface area contributed by atoms with Crippen molar-refractivity contribution in [2.24, 2.45) is 0 Å². The van der Waals surface area contributed by atoms with E-state index < -0.39 is 4.92 Å². The molecule has 2 aromatic rings. The van der Waals surface area contributed by atoms with Gasteiger partial charge in [-0.25, -0.2) is 0 Å². The monoisotopic (exact) mass is 218 g/mol. The summed E-state index contributed by atoms with van der Waals surface area (Å²) in [4.78, 5) is 14.5. The summed E-state index contributed by atoms with van der Waals surface area (Å²) in [5.74, 6) is 0. The van der Waals surface area contributed by atoms with Crippen LogP contribution >= 0.6 is 0 Å². The highest BCUT2D eigenvalue weighted by Crippen LogP contribution is 2.27. The smallest absolute Gasteiger partial charge is 0.277 e. The number of fused-ring (bicyclic) bond motifs is 1. The van der Waals surface area contributed by atoms with E-state index in [4.69, 9.17) is 5.11 Å². The summed E-state index contributed by atoms with van der Waals surface area (Å²) < 4.78 is 0. The van der Waals surface area contributed by atoms with Crippen LogP contribution in [0.3, 0.4) is 0 Å². The summed E-state index contributed by atoms with van der Waals surface area (Å²) >= 11 is 0. The van der Waals surface area contributed by atoms with Crippen LogP contribution in [0.5, 0.6) is 0 Å². The van der Waals surface area contributed by atoms with E-state index in [2.05, 4.69) is 4.98 Å². The number of non-ortho nitro benzene ring substituents is 1. The molecule has 0 aliphatic carbocycles. The van der Waals surface area contributed by atoms with E-state index in [0.29, 0.717) is 17.4 Å². The van der Waals surface area contributed by atoms with Crippen LogP contribution in [-0.4, -0.2) is 21.6 Å². The average Bonchev–Trinajstić information content (AvgIpc) is 2.29. The Morgan fingerprint density at radius 2 is 2.19 bits per heavy atom. The van der Waals surface area contributed by atoms with Crippen LogP contribution in [0.1, 0.15) is 5.56 Å². The van der Waals surface area contributed by atoms with Crippen LogP contribution in [0.2, 0.25) is 0 Å². The molecule has 1 N–H and O–H groups in total. The average molecular weight is 218 g/mol. The van der Waals surface area contributed by atoms with Gasteiger partial charge in [-0.2, -0.15) is 0 Å². The fourth-order valence-corrected chi connectivity index (χ4v) is 1.75. The van der Waals surface area contributed by atoms with Crippen molar-refractivity contribution in [2.75, 3.05) is 6.61 Å². The lowest BCUT2D eigenvalue weighted by Gasteiger charge is -2.04. The second-order valence-corrected chi connectivity index (χ2v) is 3.40. The second-order valence-electron chi connectivity index (χ2n) is 3.40. The number of aromatic nitrogens is 1. The number of pyridine rings is 1. The van der Waals surface area contributed by atoms with Crippen LogP contribution in [0.4, 0.5) is 5.69 Å². The van der Waals surface area contributed by atoms with E-state index in [0.717, 1.165) is 5.39 Å². The van der Waals surface area contributed by atoms with Gasteiger partial charge >= 0.3 is 0 Å². The van der Waals surface area contributed by atoms with E-state index >= 15 is 0 Å². The number of aliphatic hydroxyl groups is 1. The Morgan fingerprint density at radius 3 is 2.88 bits per heavy atom. The fraction of sp³-hybridized carbons (Fsp3) is 0.182. The van der Waals surface area contributed by atoms with Crippen LogP contribution in [0, 0.1) is 10.1 Å². The van der Waals surface area contributed by atoms with Crippen molar-refractivity contribution in [1.82, 2.24) is 4.98 Å². The third kappa shape index (κ3) is 1.72. The zero-order valence-corrected chi connectivity index (χ0v) is 8.46. The van der Waals surface area contributed by atoms with E-state index in [-0.39, 0.29) is 12.3 Å². The Balaban J connectivity index is 2.76. The third-order valence-corrected chi connectivity index (χ3v) is 2.42. The number of hydrogen-bond donors (Lipinski definition) is 1. The number of rotatable bonds is 3. The van der Waals surface area contributed by atoms with Gasteiger partial charge in [0, 0.05) is 30.5 Å². The number of aliphatic hydroxyl groups excluding tert-OH is 1. The maximum absolute atomic E-state index is 10.9. The highest BCUT2D eigenvalue weighted by Gasteiger charge is 2.14. The maximum atomic E-state index is 10.9. The van der Waals surface area contributed by atoms with Gasteiger partial charge in [0.25, 0.3) is 5.69 Å². The molecule has 1 aromatic heterocycles. The second kappa shape index (κ2) is 4.24. The highest BCUT2D eigenvalue weighted by molar-refractivity contribution is 5.92. The van der Waals surface area contributed by atoms with Crippen molar-refractivity contribution < 1.29 is 10.0 Å². The largest absolute Gasteiger partial charge is 0.396 e. The van der Waals surface area contributed by atoms with E-state index in [9.17, 15) is 10.1 Å². The normalized spacial score (nSPS) is 10.6. The predicted octanol–water partition coefficient (Wildman–Crippen LogP) is 1.68. The van der Waals surface area contributed by atoms with E-state index in [1.54, 1.807) is 24.5 Å². The van der Waals surface area contributed by atoms with Crippen LogP contribution in [-0.2, 0) is 6.42 Å². The molecule has 0 fully saturated rings.